The summed E-state index contributed by atoms with van der Waals surface area (Å²) in [6, 6.07) is 3.99. The first-order chi connectivity index (χ1) is 8.56. The van der Waals surface area contributed by atoms with E-state index in [0.717, 1.165) is 34.3 Å². The van der Waals surface area contributed by atoms with E-state index in [4.69, 9.17) is 5.73 Å². The van der Waals surface area contributed by atoms with Crippen LogP contribution in [0, 0.1) is 0 Å². The summed E-state index contributed by atoms with van der Waals surface area (Å²) < 4.78 is 1.06. The normalized spacial score (nSPS) is 19.7. The quantitative estimate of drug-likeness (QED) is 0.891. The number of thiophene rings is 1. The SMILES string of the molecule is CC(C(=O)NC1(CN)CCCC1)c1ccc(Br)s1. The fourth-order valence-electron chi connectivity index (χ4n) is 2.49. The molecule has 0 saturated heterocycles. The lowest BCUT2D eigenvalue weighted by molar-refractivity contribution is -0.124. The molecule has 3 nitrogen and oxygen atoms in total. The Kier molecular flexibility index (Phi) is 4.45. The van der Waals surface area contributed by atoms with E-state index in [0.29, 0.717) is 6.54 Å². The minimum absolute atomic E-state index is 0.0942. The summed E-state index contributed by atoms with van der Waals surface area (Å²) in [5, 5.41) is 3.18. The average molecular weight is 331 g/mol. The third-order valence-corrected chi connectivity index (χ3v) is 5.56. The Bertz CT molecular complexity index is 426. The van der Waals surface area contributed by atoms with E-state index < -0.39 is 0 Å². The largest absolute Gasteiger partial charge is 0.349 e. The second kappa shape index (κ2) is 5.72. The third-order valence-electron chi connectivity index (χ3n) is 3.75. The molecular formula is C13H19BrN2OS. The molecular weight excluding hydrogens is 312 g/mol. The van der Waals surface area contributed by atoms with Crippen molar-refractivity contribution in [2.75, 3.05) is 6.54 Å². The number of nitrogens with one attached hydrogen (secondary N) is 1. The van der Waals surface area contributed by atoms with E-state index >= 15 is 0 Å². The molecule has 1 saturated carbocycles. The van der Waals surface area contributed by atoms with E-state index in [1.807, 2.05) is 19.1 Å². The topological polar surface area (TPSA) is 55.1 Å². The highest BCUT2D eigenvalue weighted by molar-refractivity contribution is 9.11. The van der Waals surface area contributed by atoms with Crippen LogP contribution in [0.2, 0.25) is 0 Å². The lowest BCUT2D eigenvalue weighted by Crippen LogP contribution is -2.52. The zero-order valence-corrected chi connectivity index (χ0v) is 12.9. The number of hydrogen-bond acceptors (Lipinski definition) is 3. The molecule has 1 aliphatic rings. The van der Waals surface area contributed by atoms with Crippen LogP contribution >= 0.6 is 27.3 Å². The molecule has 0 bridgehead atoms. The number of amides is 1. The molecule has 0 spiro atoms. The van der Waals surface area contributed by atoms with Crippen LogP contribution in [0.25, 0.3) is 0 Å². The van der Waals surface area contributed by atoms with E-state index in [9.17, 15) is 4.79 Å². The average Bonchev–Trinajstić information content (AvgIpc) is 2.98. The maximum atomic E-state index is 12.3. The van der Waals surface area contributed by atoms with Crippen molar-refractivity contribution in [3.05, 3.63) is 20.8 Å². The van der Waals surface area contributed by atoms with Gasteiger partial charge >= 0.3 is 0 Å². The molecule has 1 fully saturated rings. The molecule has 100 valence electrons. The van der Waals surface area contributed by atoms with Crippen LogP contribution in [0.3, 0.4) is 0 Å². The molecule has 0 aliphatic heterocycles. The van der Waals surface area contributed by atoms with E-state index in [-0.39, 0.29) is 17.4 Å². The summed E-state index contributed by atoms with van der Waals surface area (Å²) in [5.74, 6) is -0.0120. The Labute approximate surface area is 120 Å². The van der Waals surface area contributed by atoms with Gasteiger partial charge in [0.2, 0.25) is 5.91 Å². The second-order valence-corrected chi connectivity index (χ2v) is 7.54. The van der Waals surface area contributed by atoms with Gasteiger partial charge in [-0.2, -0.15) is 0 Å². The molecule has 18 heavy (non-hydrogen) atoms. The van der Waals surface area contributed by atoms with Crippen LogP contribution in [-0.4, -0.2) is 18.0 Å². The molecule has 0 radical (unpaired) electrons. The zero-order valence-electron chi connectivity index (χ0n) is 10.5. The molecule has 1 atom stereocenters. The van der Waals surface area contributed by atoms with Crippen LogP contribution in [-0.2, 0) is 4.79 Å². The first-order valence-electron chi connectivity index (χ1n) is 6.34. The van der Waals surface area contributed by atoms with E-state index in [2.05, 4.69) is 21.2 Å². The van der Waals surface area contributed by atoms with Gasteiger partial charge in [0.15, 0.2) is 0 Å². The van der Waals surface area contributed by atoms with Crippen molar-refractivity contribution in [1.82, 2.24) is 5.32 Å². The van der Waals surface area contributed by atoms with Crippen molar-refractivity contribution in [3.63, 3.8) is 0 Å². The van der Waals surface area contributed by atoms with Crippen molar-refractivity contribution >= 4 is 33.2 Å². The molecule has 1 amide bonds. The van der Waals surface area contributed by atoms with Gasteiger partial charge in [-0.3, -0.25) is 4.79 Å². The first-order valence-corrected chi connectivity index (χ1v) is 7.95. The smallest absolute Gasteiger partial charge is 0.228 e. The summed E-state index contributed by atoms with van der Waals surface area (Å²) in [7, 11) is 0. The van der Waals surface area contributed by atoms with Crippen LogP contribution < -0.4 is 11.1 Å². The fourth-order valence-corrected chi connectivity index (χ4v) is 3.97. The van der Waals surface area contributed by atoms with Gasteiger partial charge < -0.3 is 11.1 Å². The molecule has 2 rings (SSSR count). The number of carbonyl (C=O) groups excluding carboxylic acids is 1. The van der Waals surface area contributed by atoms with E-state index in [1.54, 1.807) is 11.3 Å². The van der Waals surface area contributed by atoms with Gasteiger partial charge in [-0.05, 0) is 47.8 Å². The zero-order chi connectivity index (χ0) is 13.2. The number of hydrogen-bond donors (Lipinski definition) is 2. The first kappa shape index (κ1) is 14.0. The predicted molar refractivity (Wildman–Crippen MR) is 78.8 cm³/mol. The Morgan fingerprint density at radius 2 is 2.22 bits per heavy atom. The third kappa shape index (κ3) is 2.95. The predicted octanol–water partition coefficient (Wildman–Crippen LogP) is 3.00. The van der Waals surface area contributed by atoms with Gasteiger partial charge in [-0.1, -0.05) is 12.8 Å². The molecule has 1 aliphatic carbocycles. The fraction of sp³-hybridized carbons (Fsp3) is 0.615. The van der Waals surface area contributed by atoms with Gasteiger partial charge in [0, 0.05) is 11.4 Å². The van der Waals surface area contributed by atoms with Gasteiger partial charge in [0.25, 0.3) is 0 Å². The number of nitrogens with two attached hydrogens (primary N) is 1. The second-order valence-electron chi connectivity index (χ2n) is 5.04. The van der Waals surface area contributed by atoms with Crippen LogP contribution in [0.1, 0.15) is 43.4 Å². The van der Waals surface area contributed by atoms with Crippen molar-refractivity contribution in [2.45, 2.75) is 44.1 Å². The van der Waals surface area contributed by atoms with Crippen molar-refractivity contribution in [2.24, 2.45) is 5.73 Å². The van der Waals surface area contributed by atoms with Crippen molar-refractivity contribution in [3.8, 4) is 0 Å². The molecule has 1 unspecified atom stereocenters. The highest BCUT2D eigenvalue weighted by Gasteiger charge is 2.35. The van der Waals surface area contributed by atoms with Crippen LogP contribution in [0.4, 0.5) is 0 Å². The van der Waals surface area contributed by atoms with Gasteiger partial charge in [-0.15, -0.1) is 11.3 Å². The monoisotopic (exact) mass is 330 g/mol. The molecule has 1 heterocycles. The Morgan fingerprint density at radius 1 is 1.56 bits per heavy atom. The van der Waals surface area contributed by atoms with Crippen LogP contribution in [0.5, 0.6) is 0 Å². The summed E-state index contributed by atoms with van der Waals surface area (Å²) in [4.78, 5) is 13.4. The summed E-state index contributed by atoms with van der Waals surface area (Å²) in [5.41, 5.74) is 5.69. The van der Waals surface area contributed by atoms with Crippen molar-refractivity contribution < 1.29 is 4.79 Å². The highest BCUT2D eigenvalue weighted by atomic mass is 79.9. The Balaban J connectivity index is 2.03. The molecule has 3 N–H and O–H groups in total. The number of rotatable bonds is 4. The molecule has 1 aromatic rings. The highest BCUT2D eigenvalue weighted by Crippen LogP contribution is 2.32. The summed E-state index contributed by atoms with van der Waals surface area (Å²) in [6.07, 6.45) is 4.35. The maximum absolute atomic E-state index is 12.3. The van der Waals surface area contributed by atoms with Gasteiger partial charge in [0.1, 0.15) is 0 Å². The van der Waals surface area contributed by atoms with E-state index in [1.165, 1.54) is 0 Å². The molecule has 1 aromatic heterocycles. The minimum atomic E-state index is -0.153. The standard InChI is InChI=1S/C13H19BrN2OS/c1-9(10-4-5-11(14)18-10)12(17)16-13(8-15)6-2-3-7-13/h4-5,9H,2-3,6-8,15H2,1H3,(H,16,17). The van der Waals surface area contributed by atoms with Crippen molar-refractivity contribution in [1.29, 1.82) is 0 Å². The number of carbonyl (C=O) groups is 1. The summed E-state index contributed by atoms with van der Waals surface area (Å²) >= 11 is 5.04. The van der Waals surface area contributed by atoms with Gasteiger partial charge in [-0.25, -0.2) is 0 Å². The lowest BCUT2D eigenvalue weighted by Gasteiger charge is -2.30. The summed E-state index contributed by atoms with van der Waals surface area (Å²) in [6.45, 7) is 2.49. The Hall–Kier alpha value is -0.390. The maximum Gasteiger partial charge on any atom is 0.228 e. The number of halogens is 1. The molecule has 0 aromatic carbocycles. The lowest BCUT2D eigenvalue weighted by atomic mass is 9.96. The minimum Gasteiger partial charge on any atom is -0.349 e. The molecule has 5 heteroatoms. The van der Waals surface area contributed by atoms with Gasteiger partial charge in [0.05, 0.1) is 15.2 Å². The Morgan fingerprint density at radius 3 is 2.72 bits per heavy atom. The van der Waals surface area contributed by atoms with Crippen LogP contribution in [0.15, 0.2) is 15.9 Å².